The van der Waals surface area contributed by atoms with E-state index in [4.69, 9.17) is 13.6 Å². The van der Waals surface area contributed by atoms with E-state index >= 15 is 0 Å². The summed E-state index contributed by atoms with van der Waals surface area (Å²) in [6, 6.07) is 0. The summed E-state index contributed by atoms with van der Waals surface area (Å²) in [7, 11) is -1.63. The van der Waals surface area contributed by atoms with Gasteiger partial charge in [0, 0.05) is 0 Å². The normalized spacial score (nSPS) is 13.3. The van der Waals surface area contributed by atoms with Crippen LogP contribution in [0.2, 0.25) is 0 Å². The Bertz CT molecular complexity index is 757. The predicted octanol–water partition coefficient (Wildman–Crippen LogP) is 20.2. The molecule has 0 unspecified atom stereocenters. The summed E-state index contributed by atoms with van der Waals surface area (Å²) < 4.78 is 23.2. The Labute approximate surface area is 369 Å². The van der Waals surface area contributed by atoms with Crippen molar-refractivity contribution in [3.63, 3.8) is 0 Å². The summed E-state index contributed by atoms with van der Waals surface area (Å²) in [5.74, 6) is 2.21. The van der Waals surface area contributed by atoms with Crippen LogP contribution in [0.3, 0.4) is 0 Å². The summed E-state index contributed by atoms with van der Waals surface area (Å²) in [4.78, 5) is 0. The minimum absolute atomic E-state index is 0.290. The van der Waals surface area contributed by atoms with Gasteiger partial charge in [-0.05, 0) is 54.8 Å². The second-order valence-corrected chi connectivity index (χ2v) is 22.0. The highest BCUT2D eigenvalue weighted by Crippen LogP contribution is 2.60. The van der Waals surface area contributed by atoms with Gasteiger partial charge in [0.15, 0.2) is 0 Å². The maximum atomic E-state index is 7.75. The highest BCUT2D eigenvalue weighted by molar-refractivity contribution is 7.41. The molecule has 0 saturated carbocycles. The molecule has 3 nitrogen and oxygen atoms in total. The van der Waals surface area contributed by atoms with Crippen LogP contribution in [0.1, 0.15) is 296 Å². The van der Waals surface area contributed by atoms with Crippen LogP contribution in [0.15, 0.2) is 0 Å². The van der Waals surface area contributed by atoms with Crippen molar-refractivity contribution in [3.8, 4) is 0 Å². The third-order valence-electron chi connectivity index (χ3n) is 14.6. The van der Waals surface area contributed by atoms with Crippen molar-refractivity contribution in [1.29, 1.82) is 0 Å². The second-order valence-electron chi connectivity index (χ2n) is 21.0. The van der Waals surface area contributed by atoms with E-state index in [0.29, 0.717) is 35.5 Å². The highest BCUT2D eigenvalue weighted by Gasteiger charge is 2.50. The first-order chi connectivity index (χ1) is 27.6. The summed E-state index contributed by atoms with van der Waals surface area (Å²) in [5, 5.41) is 0. The van der Waals surface area contributed by atoms with Crippen molar-refractivity contribution in [2.45, 2.75) is 313 Å². The molecule has 0 aliphatic heterocycles. The van der Waals surface area contributed by atoms with Crippen molar-refractivity contribution < 1.29 is 13.6 Å². The number of hydrogen-bond acceptors (Lipinski definition) is 3. The van der Waals surface area contributed by atoms with Crippen LogP contribution in [0, 0.1) is 35.5 Å². The molecule has 0 fully saturated rings. The minimum atomic E-state index is -1.63. The zero-order chi connectivity index (χ0) is 43.9. The molecule has 0 saturated heterocycles. The highest BCUT2D eigenvalue weighted by atomic mass is 31.2. The molecule has 0 heterocycles. The third-order valence-corrected chi connectivity index (χ3v) is 16.1. The first kappa shape index (κ1) is 58.3. The van der Waals surface area contributed by atoms with Gasteiger partial charge in [-0.3, -0.25) is 0 Å². The van der Waals surface area contributed by atoms with Gasteiger partial charge in [0.05, 0.1) is 16.8 Å². The van der Waals surface area contributed by atoms with E-state index in [-0.39, 0.29) is 16.8 Å². The molecule has 0 radical (unpaired) electrons. The minimum Gasteiger partial charge on any atom is -0.305 e. The van der Waals surface area contributed by atoms with Gasteiger partial charge in [0.25, 0.3) is 0 Å². The van der Waals surface area contributed by atoms with Crippen LogP contribution in [0.5, 0.6) is 0 Å². The molecular formula is C54H111O3P. The van der Waals surface area contributed by atoms with E-state index < -0.39 is 8.60 Å². The quantitative estimate of drug-likeness (QED) is 0.0453. The maximum absolute atomic E-state index is 7.75. The molecule has 0 spiro atoms. The Morgan fingerprint density at radius 1 is 0.259 bits per heavy atom. The molecule has 0 aliphatic rings. The van der Waals surface area contributed by atoms with Gasteiger partial charge >= 0.3 is 8.60 Å². The van der Waals surface area contributed by atoms with Crippen molar-refractivity contribution >= 4 is 8.60 Å². The lowest BCUT2D eigenvalue weighted by Gasteiger charge is -2.50. The van der Waals surface area contributed by atoms with Crippen LogP contribution in [0.25, 0.3) is 0 Å². The molecule has 350 valence electrons. The fourth-order valence-corrected chi connectivity index (χ4v) is 12.6. The average Bonchev–Trinajstić information content (AvgIpc) is 3.16. The van der Waals surface area contributed by atoms with E-state index in [1.165, 1.54) is 173 Å². The summed E-state index contributed by atoms with van der Waals surface area (Å²) in [6.07, 6.45) is 39.6. The smallest absolute Gasteiger partial charge is 0.305 e. The van der Waals surface area contributed by atoms with Crippen molar-refractivity contribution in [2.24, 2.45) is 35.5 Å². The summed E-state index contributed by atoms with van der Waals surface area (Å²) in [5.41, 5.74) is -0.870. The molecule has 0 rings (SSSR count). The van der Waals surface area contributed by atoms with E-state index in [2.05, 4.69) is 104 Å². The van der Waals surface area contributed by atoms with Crippen LogP contribution in [0.4, 0.5) is 0 Å². The van der Waals surface area contributed by atoms with Crippen molar-refractivity contribution in [2.75, 3.05) is 0 Å². The molecule has 4 heteroatoms. The molecule has 0 amide bonds. The lowest BCUT2D eigenvalue weighted by Crippen LogP contribution is -2.48. The predicted molar refractivity (Wildman–Crippen MR) is 263 cm³/mol. The molecule has 0 N–H and O–H groups in total. The van der Waals surface area contributed by atoms with Crippen molar-refractivity contribution in [1.82, 2.24) is 0 Å². The van der Waals surface area contributed by atoms with Gasteiger partial charge in [-0.1, -0.05) is 277 Å². The lowest BCUT2D eigenvalue weighted by molar-refractivity contribution is -0.122. The van der Waals surface area contributed by atoms with E-state index in [9.17, 15) is 0 Å². The zero-order valence-electron chi connectivity index (χ0n) is 42.8. The Morgan fingerprint density at radius 3 is 0.569 bits per heavy atom. The monoisotopic (exact) mass is 839 g/mol. The molecule has 0 atom stereocenters. The molecule has 0 bridgehead atoms. The van der Waals surface area contributed by atoms with Gasteiger partial charge in [-0.25, -0.2) is 0 Å². The Morgan fingerprint density at radius 2 is 0.414 bits per heavy atom. The number of unbranched alkanes of at least 4 members (excludes halogenated alkanes) is 24. The SMILES string of the molecule is CCCCCCCCCCCC(OP(OC(CCCCCCCCCCC)(C(C)C)C(C)C)OC(CCCCCCCCCCC)(C(C)C)C(C)C)(C(C)C)C(C)C. The van der Waals surface area contributed by atoms with Gasteiger partial charge in [0.2, 0.25) is 0 Å². The van der Waals surface area contributed by atoms with Crippen LogP contribution < -0.4 is 0 Å². The third kappa shape index (κ3) is 22.6. The maximum Gasteiger partial charge on any atom is 0.334 e. The topological polar surface area (TPSA) is 27.7 Å². The first-order valence-corrected chi connectivity index (χ1v) is 27.6. The zero-order valence-corrected chi connectivity index (χ0v) is 43.7. The number of hydrogen-bond donors (Lipinski definition) is 0. The number of rotatable bonds is 42. The standard InChI is InChI=1S/C54H111O3P/c1-16-19-22-25-28-31-34-37-40-43-52(46(4)5,47(6)7)55-58(56-53(48(8)9,49(10)11)44-41-38-35-32-29-26-23-20-17-2)57-54(50(12)13,51(14)15)45-42-39-36-33-30-27-24-21-18-3/h46-51H,16-45H2,1-15H3. The van der Waals surface area contributed by atoms with E-state index in [1.807, 2.05) is 0 Å². The fourth-order valence-electron chi connectivity index (χ4n) is 10.1. The van der Waals surface area contributed by atoms with Crippen LogP contribution in [-0.4, -0.2) is 16.8 Å². The molecular weight excluding hydrogens is 728 g/mol. The Hall–Kier alpha value is 0.310. The lowest BCUT2D eigenvalue weighted by atomic mass is 9.76. The molecule has 0 aromatic carbocycles. The first-order valence-electron chi connectivity index (χ1n) is 26.5. The largest absolute Gasteiger partial charge is 0.334 e. The van der Waals surface area contributed by atoms with Crippen LogP contribution >= 0.6 is 8.60 Å². The van der Waals surface area contributed by atoms with E-state index in [1.54, 1.807) is 0 Å². The summed E-state index contributed by atoms with van der Waals surface area (Å²) >= 11 is 0. The molecule has 0 aliphatic carbocycles. The molecule has 0 aromatic rings. The summed E-state index contributed by atoms with van der Waals surface area (Å²) in [6.45, 7) is 35.8. The van der Waals surface area contributed by atoms with Gasteiger partial charge in [-0.2, -0.15) is 0 Å². The second kappa shape index (κ2) is 34.8. The van der Waals surface area contributed by atoms with Gasteiger partial charge < -0.3 is 13.6 Å². The van der Waals surface area contributed by atoms with Crippen LogP contribution in [-0.2, 0) is 13.6 Å². The molecule has 58 heavy (non-hydrogen) atoms. The van der Waals surface area contributed by atoms with Crippen molar-refractivity contribution in [3.05, 3.63) is 0 Å². The average molecular weight is 839 g/mol. The van der Waals surface area contributed by atoms with Gasteiger partial charge in [-0.15, -0.1) is 0 Å². The Balaban J connectivity index is 6.53. The van der Waals surface area contributed by atoms with E-state index in [0.717, 1.165) is 19.3 Å². The molecule has 0 aromatic heterocycles. The Kier molecular flexibility index (Phi) is 34.9. The van der Waals surface area contributed by atoms with Gasteiger partial charge in [0.1, 0.15) is 0 Å². The fraction of sp³-hybridized carbons (Fsp3) is 1.00.